The number of aromatic nitrogens is 3. The van der Waals surface area contributed by atoms with E-state index in [9.17, 15) is 14.4 Å². The van der Waals surface area contributed by atoms with Crippen LogP contribution < -0.4 is 10.5 Å². The van der Waals surface area contributed by atoms with E-state index in [2.05, 4.69) is 25.9 Å². The lowest BCUT2D eigenvalue weighted by molar-refractivity contribution is -0.134. The van der Waals surface area contributed by atoms with Gasteiger partial charge in [-0.05, 0) is 42.3 Å². The number of halogens is 1. The summed E-state index contributed by atoms with van der Waals surface area (Å²) in [6, 6.07) is 13.2. The minimum Gasteiger partial charge on any atom is -0.453 e. The lowest BCUT2D eigenvalue weighted by atomic mass is 10.0. The highest BCUT2D eigenvalue weighted by Crippen LogP contribution is 2.32. The Bertz CT molecular complexity index is 1440. The van der Waals surface area contributed by atoms with Crippen LogP contribution >= 0.6 is 0 Å². The molecule has 1 amide bonds. The number of nitriles is 1. The third-order valence-corrected chi connectivity index (χ3v) is 6.44. The van der Waals surface area contributed by atoms with Crippen LogP contribution in [0.15, 0.2) is 61.1 Å². The van der Waals surface area contributed by atoms with E-state index in [4.69, 9.17) is 10.5 Å². The van der Waals surface area contributed by atoms with Gasteiger partial charge in [-0.25, -0.2) is 9.37 Å². The number of amides is 1. The van der Waals surface area contributed by atoms with Crippen molar-refractivity contribution >= 4 is 16.9 Å². The number of pyridine rings is 2. The summed E-state index contributed by atoms with van der Waals surface area (Å²) >= 11 is 0. The number of benzene rings is 1. The van der Waals surface area contributed by atoms with Crippen molar-refractivity contribution in [3.8, 4) is 17.6 Å². The van der Waals surface area contributed by atoms with Crippen LogP contribution in [0, 0.1) is 17.1 Å². The number of hydrogen-bond acceptors (Lipinski definition) is 7. The molecular formula is C27H26FN7O2. The zero-order chi connectivity index (χ0) is 25.8. The number of carbonyl (C=O) groups is 1. The molecule has 1 unspecified atom stereocenters. The number of rotatable bonds is 7. The molecular weight excluding hydrogens is 473 g/mol. The van der Waals surface area contributed by atoms with Gasteiger partial charge < -0.3 is 20.4 Å². The first-order chi connectivity index (χ1) is 18.0. The van der Waals surface area contributed by atoms with Gasteiger partial charge in [0.2, 0.25) is 5.91 Å². The van der Waals surface area contributed by atoms with E-state index < -0.39 is 11.9 Å². The van der Waals surface area contributed by atoms with E-state index in [1.54, 1.807) is 23.2 Å². The lowest BCUT2D eigenvalue weighted by Crippen LogP contribution is -2.53. The van der Waals surface area contributed by atoms with Crippen LogP contribution in [0.2, 0.25) is 0 Å². The molecule has 1 fully saturated rings. The highest BCUT2D eigenvalue weighted by atomic mass is 19.1. The molecule has 1 aromatic carbocycles. The highest BCUT2D eigenvalue weighted by Gasteiger charge is 2.26. The van der Waals surface area contributed by atoms with Crippen molar-refractivity contribution in [1.82, 2.24) is 24.8 Å². The third kappa shape index (κ3) is 5.43. The average molecular weight is 500 g/mol. The van der Waals surface area contributed by atoms with Crippen LogP contribution in [0.25, 0.3) is 11.0 Å². The standard InChI is InChI=1S/C27H26FN7O2/c28-21-13-18(4-5-23(21)37-24-6-8-32-26-25(24)19(15-29)16-33-26)14-22(30)27(36)35-11-9-34(10-12-35)17-20-3-1-2-7-31-20/h1-8,13,16,22H,9-12,14,17,30H2,(H,32,33). The van der Waals surface area contributed by atoms with Gasteiger partial charge in [0.25, 0.3) is 0 Å². The molecule has 0 aliphatic carbocycles. The van der Waals surface area contributed by atoms with Gasteiger partial charge in [0.15, 0.2) is 11.6 Å². The van der Waals surface area contributed by atoms with Crippen LogP contribution in [0.4, 0.5) is 4.39 Å². The summed E-state index contributed by atoms with van der Waals surface area (Å²) < 4.78 is 20.7. The molecule has 1 aliphatic heterocycles. The third-order valence-electron chi connectivity index (χ3n) is 6.44. The van der Waals surface area contributed by atoms with Crippen molar-refractivity contribution in [3.63, 3.8) is 0 Å². The average Bonchev–Trinajstić information content (AvgIpc) is 3.35. The number of fused-ring (bicyclic) bond motifs is 1. The summed E-state index contributed by atoms with van der Waals surface area (Å²) in [5.41, 5.74) is 8.66. The molecule has 9 nitrogen and oxygen atoms in total. The minimum absolute atomic E-state index is 0.00488. The molecule has 3 N–H and O–H groups in total. The molecule has 5 rings (SSSR count). The van der Waals surface area contributed by atoms with E-state index >= 15 is 0 Å². The van der Waals surface area contributed by atoms with Gasteiger partial charge in [-0.1, -0.05) is 12.1 Å². The number of H-pyrrole nitrogens is 1. The lowest BCUT2D eigenvalue weighted by Gasteiger charge is -2.35. The molecule has 4 heterocycles. The minimum atomic E-state index is -0.772. The molecule has 188 valence electrons. The maximum absolute atomic E-state index is 14.9. The van der Waals surface area contributed by atoms with E-state index in [0.29, 0.717) is 41.0 Å². The SMILES string of the molecule is N#Cc1c[nH]c2nccc(Oc3ccc(CC(N)C(=O)N4CCN(Cc5ccccn5)CC4)cc3F)c12. The summed E-state index contributed by atoms with van der Waals surface area (Å²) in [6.45, 7) is 3.41. The van der Waals surface area contributed by atoms with E-state index in [1.807, 2.05) is 18.2 Å². The fourth-order valence-electron chi connectivity index (χ4n) is 4.50. The Hall–Kier alpha value is -4.33. The molecule has 0 spiro atoms. The van der Waals surface area contributed by atoms with E-state index in [-0.39, 0.29) is 18.1 Å². The molecule has 0 saturated carbocycles. The molecule has 0 radical (unpaired) electrons. The topological polar surface area (TPSA) is 124 Å². The second-order valence-electron chi connectivity index (χ2n) is 8.95. The smallest absolute Gasteiger partial charge is 0.239 e. The van der Waals surface area contributed by atoms with E-state index in [0.717, 1.165) is 25.3 Å². The maximum atomic E-state index is 14.9. The summed E-state index contributed by atoms with van der Waals surface area (Å²) in [6.07, 6.45) is 5.04. The van der Waals surface area contributed by atoms with Gasteiger partial charge in [0.05, 0.1) is 22.7 Å². The number of nitrogens with two attached hydrogens (primary N) is 1. The zero-order valence-electron chi connectivity index (χ0n) is 20.1. The Morgan fingerprint density at radius 3 is 2.70 bits per heavy atom. The quantitative estimate of drug-likeness (QED) is 0.401. The Morgan fingerprint density at radius 1 is 1.14 bits per heavy atom. The highest BCUT2D eigenvalue weighted by molar-refractivity contribution is 5.88. The number of hydrogen-bond donors (Lipinski definition) is 2. The number of nitrogens with one attached hydrogen (secondary N) is 1. The van der Waals surface area contributed by atoms with Gasteiger partial charge in [0.1, 0.15) is 17.5 Å². The predicted molar refractivity (Wildman–Crippen MR) is 135 cm³/mol. The van der Waals surface area contributed by atoms with Crippen molar-refractivity contribution in [2.75, 3.05) is 26.2 Å². The molecule has 0 bridgehead atoms. The molecule has 4 aromatic rings. The molecule has 1 aliphatic rings. The summed E-state index contributed by atoms with van der Waals surface area (Å²) in [7, 11) is 0. The number of nitrogens with zero attached hydrogens (tertiary/aromatic N) is 5. The Labute approximate surface area is 213 Å². The van der Waals surface area contributed by atoms with Gasteiger partial charge in [-0.3, -0.25) is 14.7 Å². The van der Waals surface area contributed by atoms with Crippen LogP contribution in [0.5, 0.6) is 11.5 Å². The molecule has 37 heavy (non-hydrogen) atoms. The second kappa shape index (κ2) is 10.7. The van der Waals surface area contributed by atoms with Crippen molar-refractivity contribution in [3.05, 3.63) is 83.7 Å². The van der Waals surface area contributed by atoms with Crippen LogP contribution in [0.3, 0.4) is 0 Å². The van der Waals surface area contributed by atoms with Crippen molar-refractivity contribution in [2.45, 2.75) is 19.0 Å². The van der Waals surface area contributed by atoms with Crippen molar-refractivity contribution in [2.24, 2.45) is 5.73 Å². The van der Waals surface area contributed by atoms with Crippen LogP contribution in [-0.4, -0.2) is 62.9 Å². The maximum Gasteiger partial charge on any atom is 0.239 e. The van der Waals surface area contributed by atoms with Crippen LogP contribution in [0.1, 0.15) is 16.8 Å². The van der Waals surface area contributed by atoms with Gasteiger partial charge in [0, 0.05) is 51.3 Å². The molecule has 10 heteroatoms. The second-order valence-corrected chi connectivity index (χ2v) is 8.95. The monoisotopic (exact) mass is 499 g/mol. The van der Waals surface area contributed by atoms with E-state index in [1.165, 1.54) is 24.5 Å². The normalized spacial score (nSPS) is 14.9. The van der Waals surface area contributed by atoms with Crippen molar-refractivity contribution in [1.29, 1.82) is 5.26 Å². The first-order valence-electron chi connectivity index (χ1n) is 12.0. The Balaban J connectivity index is 1.19. The summed E-state index contributed by atoms with van der Waals surface area (Å²) in [5.74, 6) is -0.401. The largest absolute Gasteiger partial charge is 0.453 e. The fourth-order valence-corrected chi connectivity index (χ4v) is 4.50. The molecule has 1 saturated heterocycles. The molecule has 1 atom stereocenters. The predicted octanol–water partition coefficient (Wildman–Crippen LogP) is 2.98. The Kier molecular flexibility index (Phi) is 7.07. The van der Waals surface area contributed by atoms with Gasteiger partial charge in [-0.15, -0.1) is 0 Å². The number of piperazine rings is 1. The Morgan fingerprint density at radius 2 is 1.97 bits per heavy atom. The van der Waals surface area contributed by atoms with Gasteiger partial charge in [-0.2, -0.15) is 5.26 Å². The zero-order valence-corrected chi connectivity index (χ0v) is 20.1. The fraction of sp³-hybridized carbons (Fsp3) is 0.259. The number of ether oxygens (including phenoxy) is 1. The number of aromatic amines is 1. The number of carbonyl (C=O) groups excluding carboxylic acids is 1. The van der Waals surface area contributed by atoms with Crippen LogP contribution in [-0.2, 0) is 17.8 Å². The first kappa shape index (κ1) is 24.4. The van der Waals surface area contributed by atoms with Crippen molar-refractivity contribution < 1.29 is 13.9 Å². The first-order valence-corrected chi connectivity index (χ1v) is 12.0. The van der Waals surface area contributed by atoms with Gasteiger partial charge >= 0.3 is 0 Å². The molecule has 3 aromatic heterocycles. The summed E-state index contributed by atoms with van der Waals surface area (Å²) in [4.78, 5) is 28.4. The summed E-state index contributed by atoms with van der Waals surface area (Å²) in [5, 5.41) is 9.81.